The highest BCUT2D eigenvalue weighted by Gasteiger charge is 2.31. The first-order chi connectivity index (χ1) is 11.2. The average molecular weight is 311 g/mol. The van der Waals surface area contributed by atoms with E-state index >= 15 is 0 Å². The molecule has 4 nitrogen and oxygen atoms in total. The van der Waals surface area contributed by atoms with E-state index in [1.54, 1.807) is 25.3 Å². The van der Waals surface area contributed by atoms with Gasteiger partial charge in [-0.2, -0.15) is 0 Å². The number of methoxy groups -OCH3 is 1. The third kappa shape index (κ3) is 2.77. The van der Waals surface area contributed by atoms with Crippen LogP contribution in [0.15, 0.2) is 42.5 Å². The minimum absolute atomic E-state index is 0.00828. The molecule has 0 fully saturated rings. The second kappa shape index (κ2) is 6.32. The Morgan fingerprint density at radius 2 is 2.00 bits per heavy atom. The summed E-state index contributed by atoms with van der Waals surface area (Å²) in [6, 6.07) is 13.6. The van der Waals surface area contributed by atoms with Crippen molar-refractivity contribution in [2.75, 3.05) is 18.6 Å². The fraction of sp³-hybridized carbons (Fsp3) is 0.316. The molecule has 0 saturated heterocycles. The summed E-state index contributed by atoms with van der Waals surface area (Å²) >= 11 is 0. The molecule has 0 radical (unpaired) electrons. The van der Waals surface area contributed by atoms with E-state index in [-0.39, 0.29) is 11.9 Å². The Morgan fingerprint density at radius 1 is 1.22 bits per heavy atom. The van der Waals surface area contributed by atoms with Crippen molar-refractivity contribution in [1.29, 1.82) is 0 Å². The van der Waals surface area contributed by atoms with Crippen molar-refractivity contribution >= 4 is 11.6 Å². The lowest BCUT2D eigenvalue weighted by Gasteiger charge is -2.23. The number of carbonyl (C=O) groups is 1. The van der Waals surface area contributed by atoms with Gasteiger partial charge < -0.3 is 14.4 Å². The van der Waals surface area contributed by atoms with Crippen LogP contribution in [0.4, 0.5) is 5.69 Å². The SMILES string of the molecule is CCOc1cc(C(=O)N2c3ccccc3CC2C)ccc1OC. The van der Waals surface area contributed by atoms with E-state index in [0.29, 0.717) is 23.7 Å². The smallest absolute Gasteiger partial charge is 0.258 e. The molecule has 0 aromatic heterocycles. The van der Waals surface area contributed by atoms with Gasteiger partial charge in [0.05, 0.1) is 13.7 Å². The van der Waals surface area contributed by atoms with E-state index in [1.807, 2.05) is 30.0 Å². The topological polar surface area (TPSA) is 38.8 Å². The molecule has 3 rings (SSSR count). The first-order valence-electron chi connectivity index (χ1n) is 7.88. The van der Waals surface area contributed by atoms with Gasteiger partial charge in [-0.25, -0.2) is 0 Å². The third-order valence-corrected chi connectivity index (χ3v) is 4.14. The number of fused-ring (bicyclic) bond motifs is 1. The average Bonchev–Trinajstić information content (AvgIpc) is 2.90. The van der Waals surface area contributed by atoms with Crippen molar-refractivity contribution in [1.82, 2.24) is 0 Å². The van der Waals surface area contributed by atoms with Gasteiger partial charge in [0.25, 0.3) is 5.91 Å². The summed E-state index contributed by atoms with van der Waals surface area (Å²) in [5, 5.41) is 0. The van der Waals surface area contributed by atoms with Crippen LogP contribution >= 0.6 is 0 Å². The zero-order valence-corrected chi connectivity index (χ0v) is 13.7. The number of carbonyl (C=O) groups excluding carboxylic acids is 1. The number of para-hydroxylation sites is 1. The largest absolute Gasteiger partial charge is 0.493 e. The number of amides is 1. The van der Waals surface area contributed by atoms with Crippen molar-refractivity contribution in [2.24, 2.45) is 0 Å². The van der Waals surface area contributed by atoms with Crippen LogP contribution in [0.5, 0.6) is 11.5 Å². The number of benzene rings is 2. The molecule has 1 aliphatic rings. The second-order valence-electron chi connectivity index (χ2n) is 5.66. The lowest BCUT2D eigenvalue weighted by atomic mass is 10.1. The Balaban J connectivity index is 1.96. The molecule has 4 heteroatoms. The maximum absolute atomic E-state index is 13.0. The summed E-state index contributed by atoms with van der Waals surface area (Å²) in [5.74, 6) is 1.23. The normalized spacial score (nSPS) is 16.1. The van der Waals surface area contributed by atoms with Gasteiger partial charge in [-0.15, -0.1) is 0 Å². The number of rotatable bonds is 4. The minimum Gasteiger partial charge on any atom is -0.493 e. The predicted octanol–water partition coefficient (Wildman–Crippen LogP) is 3.69. The van der Waals surface area contributed by atoms with Crippen molar-refractivity contribution in [3.05, 3.63) is 53.6 Å². The van der Waals surface area contributed by atoms with Crippen molar-refractivity contribution < 1.29 is 14.3 Å². The number of hydrogen-bond acceptors (Lipinski definition) is 3. The Kier molecular flexibility index (Phi) is 4.24. The van der Waals surface area contributed by atoms with Crippen LogP contribution in [0.1, 0.15) is 29.8 Å². The first kappa shape index (κ1) is 15.4. The van der Waals surface area contributed by atoms with E-state index in [0.717, 1.165) is 12.1 Å². The fourth-order valence-electron chi connectivity index (χ4n) is 3.09. The molecule has 0 bridgehead atoms. The Hall–Kier alpha value is -2.49. The third-order valence-electron chi connectivity index (χ3n) is 4.14. The molecule has 120 valence electrons. The molecule has 0 aliphatic carbocycles. The molecule has 1 heterocycles. The number of ether oxygens (including phenoxy) is 2. The molecule has 0 N–H and O–H groups in total. The summed E-state index contributed by atoms with van der Waals surface area (Å²) in [7, 11) is 1.60. The van der Waals surface area contributed by atoms with Gasteiger partial charge in [0, 0.05) is 17.3 Å². The highest BCUT2D eigenvalue weighted by atomic mass is 16.5. The molecule has 23 heavy (non-hydrogen) atoms. The van der Waals surface area contributed by atoms with Crippen molar-refractivity contribution in [3.8, 4) is 11.5 Å². The van der Waals surface area contributed by atoms with Gasteiger partial charge in [-0.05, 0) is 50.1 Å². The van der Waals surface area contributed by atoms with E-state index in [4.69, 9.17) is 9.47 Å². The van der Waals surface area contributed by atoms with Gasteiger partial charge in [-0.3, -0.25) is 4.79 Å². The van der Waals surface area contributed by atoms with Crippen molar-refractivity contribution in [2.45, 2.75) is 26.3 Å². The molecule has 1 aliphatic heterocycles. The summed E-state index contributed by atoms with van der Waals surface area (Å²) in [6.45, 7) is 4.51. The molecule has 1 unspecified atom stereocenters. The summed E-state index contributed by atoms with van der Waals surface area (Å²) in [5.41, 5.74) is 2.82. The van der Waals surface area contributed by atoms with Crippen LogP contribution in [-0.4, -0.2) is 25.7 Å². The van der Waals surface area contributed by atoms with E-state index in [2.05, 4.69) is 13.0 Å². The molecule has 1 atom stereocenters. The van der Waals surface area contributed by atoms with Crippen LogP contribution in [0.3, 0.4) is 0 Å². The zero-order chi connectivity index (χ0) is 16.4. The lowest BCUT2D eigenvalue weighted by molar-refractivity contribution is 0.0981. The van der Waals surface area contributed by atoms with Gasteiger partial charge >= 0.3 is 0 Å². The van der Waals surface area contributed by atoms with Crippen LogP contribution < -0.4 is 14.4 Å². The Bertz CT molecular complexity index is 726. The first-order valence-corrected chi connectivity index (χ1v) is 7.88. The quantitative estimate of drug-likeness (QED) is 0.864. The molecule has 0 saturated carbocycles. The summed E-state index contributed by atoms with van der Waals surface area (Å²) < 4.78 is 10.9. The standard InChI is InChI=1S/C19H21NO3/c1-4-23-18-12-15(9-10-17(18)22-3)19(21)20-13(2)11-14-7-5-6-8-16(14)20/h5-10,12-13H,4,11H2,1-3H3. The Morgan fingerprint density at radius 3 is 2.74 bits per heavy atom. The Labute approximate surface area is 136 Å². The second-order valence-corrected chi connectivity index (χ2v) is 5.66. The van der Waals surface area contributed by atoms with Gasteiger partial charge in [0.15, 0.2) is 11.5 Å². The fourth-order valence-corrected chi connectivity index (χ4v) is 3.09. The maximum atomic E-state index is 13.0. The lowest BCUT2D eigenvalue weighted by Crippen LogP contribution is -2.35. The molecule has 2 aromatic rings. The van der Waals surface area contributed by atoms with E-state index in [9.17, 15) is 4.79 Å². The zero-order valence-electron chi connectivity index (χ0n) is 13.7. The number of anilines is 1. The molecular formula is C19H21NO3. The molecule has 2 aromatic carbocycles. The van der Waals surface area contributed by atoms with Gasteiger partial charge in [0.2, 0.25) is 0 Å². The van der Waals surface area contributed by atoms with Crippen LogP contribution in [0.2, 0.25) is 0 Å². The van der Waals surface area contributed by atoms with E-state index in [1.165, 1.54) is 5.56 Å². The molecule has 0 spiro atoms. The summed E-state index contributed by atoms with van der Waals surface area (Å²) in [6.07, 6.45) is 0.885. The number of nitrogens with zero attached hydrogens (tertiary/aromatic N) is 1. The maximum Gasteiger partial charge on any atom is 0.258 e. The number of hydrogen-bond donors (Lipinski definition) is 0. The van der Waals surface area contributed by atoms with Crippen LogP contribution in [0, 0.1) is 0 Å². The van der Waals surface area contributed by atoms with Crippen molar-refractivity contribution in [3.63, 3.8) is 0 Å². The highest BCUT2D eigenvalue weighted by molar-refractivity contribution is 6.08. The predicted molar refractivity (Wildman–Crippen MR) is 90.6 cm³/mol. The van der Waals surface area contributed by atoms with E-state index < -0.39 is 0 Å². The van der Waals surface area contributed by atoms with Crippen LogP contribution in [0.25, 0.3) is 0 Å². The minimum atomic E-state index is -0.00828. The van der Waals surface area contributed by atoms with Crippen LogP contribution in [-0.2, 0) is 6.42 Å². The van der Waals surface area contributed by atoms with Gasteiger partial charge in [0.1, 0.15) is 0 Å². The summed E-state index contributed by atoms with van der Waals surface area (Å²) in [4.78, 5) is 14.9. The van der Waals surface area contributed by atoms with Gasteiger partial charge in [-0.1, -0.05) is 18.2 Å². The molecular weight excluding hydrogens is 290 g/mol. The monoisotopic (exact) mass is 311 g/mol. The highest BCUT2D eigenvalue weighted by Crippen LogP contribution is 2.34. The molecule has 1 amide bonds.